The van der Waals surface area contributed by atoms with E-state index in [4.69, 9.17) is 16.6 Å². The van der Waals surface area contributed by atoms with E-state index in [9.17, 15) is 0 Å². The number of hydrogen-bond donors (Lipinski definition) is 0. The molecule has 1 aliphatic carbocycles. The third kappa shape index (κ3) is 1.86. The van der Waals surface area contributed by atoms with E-state index in [1.165, 1.54) is 19.3 Å². The molecule has 3 rings (SSSR count). The van der Waals surface area contributed by atoms with Gasteiger partial charge in [0.15, 0.2) is 5.65 Å². The van der Waals surface area contributed by atoms with Crippen LogP contribution >= 0.6 is 27.5 Å². The molecule has 1 saturated carbocycles. The molecule has 0 amide bonds. The van der Waals surface area contributed by atoms with Gasteiger partial charge in [-0.25, -0.2) is 9.97 Å². The van der Waals surface area contributed by atoms with Gasteiger partial charge < -0.3 is 4.57 Å². The molecule has 0 spiro atoms. The molecule has 96 valence electrons. The van der Waals surface area contributed by atoms with Crippen LogP contribution in [0.5, 0.6) is 0 Å². The second-order valence-corrected chi connectivity index (χ2v) is 6.44. The minimum Gasteiger partial charge on any atom is -0.307 e. The van der Waals surface area contributed by atoms with Crippen molar-refractivity contribution in [2.75, 3.05) is 5.88 Å². The molecule has 1 fully saturated rings. The number of rotatable bonds is 3. The Morgan fingerprint density at radius 3 is 2.89 bits per heavy atom. The van der Waals surface area contributed by atoms with E-state index < -0.39 is 0 Å². The van der Waals surface area contributed by atoms with E-state index in [1.807, 2.05) is 12.3 Å². The van der Waals surface area contributed by atoms with E-state index in [0.29, 0.717) is 5.88 Å². The van der Waals surface area contributed by atoms with Gasteiger partial charge in [-0.3, -0.25) is 0 Å². The molecule has 2 heterocycles. The Morgan fingerprint density at radius 2 is 2.28 bits per heavy atom. The van der Waals surface area contributed by atoms with Crippen molar-refractivity contribution < 1.29 is 0 Å². The molecule has 0 atom stereocenters. The van der Waals surface area contributed by atoms with Gasteiger partial charge in [0.25, 0.3) is 0 Å². The minimum atomic E-state index is 0.178. The second kappa shape index (κ2) is 4.49. The first-order valence-electron chi connectivity index (χ1n) is 6.23. The van der Waals surface area contributed by atoms with Crippen LogP contribution in [0.2, 0.25) is 0 Å². The van der Waals surface area contributed by atoms with Gasteiger partial charge in [-0.15, -0.1) is 11.6 Å². The van der Waals surface area contributed by atoms with Crippen LogP contribution in [-0.4, -0.2) is 20.4 Å². The number of nitrogens with zero attached hydrogens (tertiary/aromatic N) is 3. The Morgan fingerprint density at radius 1 is 1.50 bits per heavy atom. The average Bonchev–Trinajstić information content (AvgIpc) is 2.64. The van der Waals surface area contributed by atoms with Crippen LogP contribution in [0.1, 0.15) is 32.0 Å². The molecule has 1 aliphatic rings. The SMILES string of the molecule is CC1(n2c(CCCl)nc3cc(Br)cnc32)CCC1. The van der Waals surface area contributed by atoms with Gasteiger partial charge in [-0.1, -0.05) is 0 Å². The lowest BCUT2D eigenvalue weighted by Gasteiger charge is -2.41. The molecule has 18 heavy (non-hydrogen) atoms. The topological polar surface area (TPSA) is 30.7 Å². The maximum atomic E-state index is 5.90. The zero-order valence-electron chi connectivity index (χ0n) is 10.3. The fourth-order valence-corrected chi connectivity index (χ4v) is 3.21. The van der Waals surface area contributed by atoms with Crippen LogP contribution in [0.25, 0.3) is 11.2 Å². The quantitative estimate of drug-likeness (QED) is 0.801. The molecule has 2 aromatic heterocycles. The lowest BCUT2D eigenvalue weighted by Crippen LogP contribution is -2.38. The van der Waals surface area contributed by atoms with Gasteiger partial charge in [0.05, 0.1) is 0 Å². The Labute approximate surface area is 120 Å². The molecule has 0 radical (unpaired) electrons. The van der Waals surface area contributed by atoms with E-state index >= 15 is 0 Å². The highest BCUT2D eigenvalue weighted by Crippen LogP contribution is 2.41. The minimum absolute atomic E-state index is 0.178. The first-order valence-corrected chi connectivity index (χ1v) is 7.56. The highest BCUT2D eigenvalue weighted by atomic mass is 79.9. The number of alkyl halides is 1. The molecule has 0 unspecified atom stereocenters. The summed E-state index contributed by atoms with van der Waals surface area (Å²) < 4.78 is 3.27. The van der Waals surface area contributed by atoms with Crippen LogP contribution in [0, 0.1) is 0 Å². The molecule has 0 bridgehead atoms. The van der Waals surface area contributed by atoms with Crippen LogP contribution in [-0.2, 0) is 12.0 Å². The van der Waals surface area contributed by atoms with E-state index in [1.54, 1.807) is 0 Å². The van der Waals surface area contributed by atoms with Gasteiger partial charge in [-0.2, -0.15) is 0 Å². The number of pyridine rings is 1. The first-order chi connectivity index (χ1) is 8.64. The summed E-state index contributed by atoms with van der Waals surface area (Å²) in [6, 6.07) is 2.03. The van der Waals surface area contributed by atoms with E-state index in [0.717, 1.165) is 27.9 Å². The average molecular weight is 329 g/mol. The number of aromatic nitrogens is 3. The van der Waals surface area contributed by atoms with Crippen LogP contribution in [0.4, 0.5) is 0 Å². The Bertz CT molecular complexity index is 589. The number of imidazole rings is 1. The van der Waals surface area contributed by atoms with Gasteiger partial charge >= 0.3 is 0 Å². The molecule has 0 saturated heterocycles. The molecular formula is C13H15BrClN3. The van der Waals surface area contributed by atoms with E-state index in [-0.39, 0.29) is 5.54 Å². The normalized spacial score (nSPS) is 17.9. The monoisotopic (exact) mass is 327 g/mol. The maximum Gasteiger partial charge on any atom is 0.160 e. The van der Waals surface area contributed by atoms with Crippen molar-refractivity contribution in [1.82, 2.24) is 14.5 Å². The predicted molar refractivity (Wildman–Crippen MR) is 77.2 cm³/mol. The van der Waals surface area contributed by atoms with E-state index in [2.05, 4.69) is 32.4 Å². The van der Waals surface area contributed by atoms with Crippen molar-refractivity contribution in [2.24, 2.45) is 0 Å². The van der Waals surface area contributed by atoms with Crippen molar-refractivity contribution in [3.63, 3.8) is 0 Å². The predicted octanol–water partition coefficient (Wildman–Crippen LogP) is 3.87. The number of halogens is 2. The zero-order valence-corrected chi connectivity index (χ0v) is 12.6. The largest absolute Gasteiger partial charge is 0.307 e. The number of fused-ring (bicyclic) bond motifs is 1. The van der Waals surface area contributed by atoms with Crippen molar-refractivity contribution in [3.8, 4) is 0 Å². The molecule has 0 aliphatic heterocycles. The molecule has 5 heteroatoms. The van der Waals surface area contributed by atoms with Gasteiger partial charge in [0.1, 0.15) is 11.3 Å². The third-order valence-corrected chi connectivity index (χ3v) is 4.44. The first kappa shape index (κ1) is 12.4. The van der Waals surface area contributed by atoms with Crippen molar-refractivity contribution >= 4 is 38.7 Å². The summed E-state index contributed by atoms with van der Waals surface area (Å²) in [4.78, 5) is 9.24. The molecule has 0 N–H and O–H groups in total. The Hall–Kier alpha value is -0.610. The van der Waals surface area contributed by atoms with Gasteiger partial charge in [-0.05, 0) is 48.2 Å². The highest BCUT2D eigenvalue weighted by molar-refractivity contribution is 9.10. The van der Waals surface area contributed by atoms with Gasteiger partial charge in [0, 0.05) is 28.5 Å². The number of hydrogen-bond acceptors (Lipinski definition) is 2. The van der Waals surface area contributed by atoms with Crippen molar-refractivity contribution in [2.45, 2.75) is 38.1 Å². The highest BCUT2D eigenvalue weighted by Gasteiger charge is 2.36. The smallest absolute Gasteiger partial charge is 0.160 e. The third-order valence-electron chi connectivity index (χ3n) is 3.82. The fraction of sp³-hybridized carbons (Fsp3) is 0.538. The number of aryl methyl sites for hydroxylation is 1. The van der Waals surface area contributed by atoms with Crippen LogP contribution < -0.4 is 0 Å². The van der Waals surface area contributed by atoms with Gasteiger partial charge in [0.2, 0.25) is 0 Å². The summed E-state index contributed by atoms with van der Waals surface area (Å²) in [6.07, 6.45) is 6.32. The molecule has 3 nitrogen and oxygen atoms in total. The van der Waals surface area contributed by atoms with Crippen molar-refractivity contribution in [1.29, 1.82) is 0 Å². The summed E-state index contributed by atoms with van der Waals surface area (Å²) in [5.74, 6) is 1.66. The van der Waals surface area contributed by atoms with Crippen LogP contribution in [0.3, 0.4) is 0 Å². The molecule has 0 aromatic carbocycles. The molecule has 2 aromatic rings. The zero-order chi connectivity index (χ0) is 12.8. The Kier molecular flexibility index (Phi) is 3.10. The maximum absolute atomic E-state index is 5.90. The summed E-state index contributed by atoms with van der Waals surface area (Å²) in [5.41, 5.74) is 2.12. The van der Waals surface area contributed by atoms with Crippen molar-refractivity contribution in [3.05, 3.63) is 22.6 Å². The second-order valence-electron chi connectivity index (χ2n) is 5.15. The summed E-state index contributed by atoms with van der Waals surface area (Å²) >= 11 is 9.34. The lowest BCUT2D eigenvalue weighted by molar-refractivity contribution is 0.169. The standard InChI is InChI=1S/C13H15BrClN3/c1-13(4-2-5-13)18-11(3-6-15)17-10-7-9(14)8-16-12(10)18/h7-8H,2-6H2,1H3. The van der Waals surface area contributed by atoms with Crippen LogP contribution in [0.15, 0.2) is 16.7 Å². The fourth-order valence-electron chi connectivity index (χ4n) is 2.72. The molecular weight excluding hydrogens is 314 g/mol. The summed E-state index contributed by atoms with van der Waals surface area (Å²) in [5, 5.41) is 0. The Balaban J connectivity index is 2.21. The summed E-state index contributed by atoms with van der Waals surface area (Å²) in [6.45, 7) is 2.29. The lowest BCUT2D eigenvalue weighted by atomic mass is 9.78. The summed E-state index contributed by atoms with van der Waals surface area (Å²) in [7, 11) is 0.